The number of carboxylic acids is 1. The minimum absolute atomic E-state index is 0.0462. The van der Waals surface area contributed by atoms with Gasteiger partial charge in [0.25, 0.3) is 0 Å². The average molecular weight is 264 g/mol. The number of halogens is 1. The van der Waals surface area contributed by atoms with E-state index in [1.807, 2.05) is 0 Å². The Labute approximate surface area is 110 Å². The van der Waals surface area contributed by atoms with Crippen molar-refractivity contribution in [1.29, 1.82) is 0 Å². The summed E-state index contributed by atoms with van der Waals surface area (Å²) in [6, 6.07) is 3.72. The van der Waals surface area contributed by atoms with E-state index in [-0.39, 0.29) is 12.1 Å². The number of carbonyl (C=O) groups is 2. The van der Waals surface area contributed by atoms with E-state index < -0.39 is 23.9 Å². The van der Waals surface area contributed by atoms with E-state index in [0.717, 1.165) is 4.90 Å². The fraction of sp³-hybridized carbons (Fsp3) is 0.231. The Kier molecular flexibility index (Phi) is 4.89. The van der Waals surface area contributed by atoms with Crippen molar-refractivity contribution in [1.82, 2.24) is 5.32 Å². The van der Waals surface area contributed by atoms with Gasteiger partial charge in [-0.2, -0.15) is 0 Å². The van der Waals surface area contributed by atoms with Crippen molar-refractivity contribution in [3.63, 3.8) is 0 Å². The lowest BCUT2D eigenvalue weighted by atomic mass is 10.2. The van der Waals surface area contributed by atoms with Gasteiger partial charge in [-0.15, -0.1) is 12.3 Å². The van der Waals surface area contributed by atoms with Crippen LogP contribution in [0.15, 0.2) is 24.3 Å². The maximum atomic E-state index is 13.5. The SMILES string of the molecule is C#CCC(NC(=O)N(C)c1ccccc1F)C(=O)O. The zero-order valence-corrected chi connectivity index (χ0v) is 10.3. The van der Waals surface area contributed by atoms with Gasteiger partial charge in [-0.3, -0.25) is 4.90 Å². The van der Waals surface area contributed by atoms with Gasteiger partial charge in [0.15, 0.2) is 0 Å². The largest absolute Gasteiger partial charge is 0.480 e. The molecule has 0 aromatic heterocycles. The molecule has 0 saturated heterocycles. The summed E-state index contributed by atoms with van der Waals surface area (Å²) in [5.74, 6) is 0.334. The van der Waals surface area contributed by atoms with Crippen LogP contribution in [0.5, 0.6) is 0 Å². The number of urea groups is 1. The van der Waals surface area contributed by atoms with Gasteiger partial charge in [0.05, 0.1) is 5.69 Å². The Balaban J connectivity index is 2.81. The van der Waals surface area contributed by atoms with Gasteiger partial charge in [0.2, 0.25) is 0 Å². The second-order valence-corrected chi connectivity index (χ2v) is 3.76. The van der Waals surface area contributed by atoms with Crippen LogP contribution in [0.3, 0.4) is 0 Å². The molecule has 1 aromatic rings. The first-order valence-electron chi connectivity index (χ1n) is 5.42. The monoisotopic (exact) mass is 264 g/mol. The number of carbonyl (C=O) groups excluding carboxylic acids is 1. The van der Waals surface area contributed by atoms with Gasteiger partial charge in [-0.25, -0.2) is 14.0 Å². The fourth-order valence-electron chi connectivity index (χ4n) is 1.40. The topological polar surface area (TPSA) is 69.6 Å². The summed E-state index contributed by atoms with van der Waals surface area (Å²) in [6.07, 6.45) is 4.87. The maximum Gasteiger partial charge on any atom is 0.327 e. The molecule has 100 valence electrons. The third-order valence-electron chi connectivity index (χ3n) is 2.44. The summed E-state index contributed by atoms with van der Waals surface area (Å²) in [5.41, 5.74) is 0.0462. The van der Waals surface area contributed by atoms with Crippen molar-refractivity contribution in [2.45, 2.75) is 12.5 Å². The first-order valence-corrected chi connectivity index (χ1v) is 5.42. The van der Waals surface area contributed by atoms with Crippen LogP contribution in [0.1, 0.15) is 6.42 Å². The molecule has 6 heteroatoms. The second-order valence-electron chi connectivity index (χ2n) is 3.76. The molecular weight excluding hydrogens is 251 g/mol. The highest BCUT2D eigenvalue weighted by Crippen LogP contribution is 2.17. The fourth-order valence-corrected chi connectivity index (χ4v) is 1.40. The molecule has 1 atom stereocenters. The zero-order chi connectivity index (χ0) is 14.4. The number of aliphatic carboxylic acids is 1. The summed E-state index contributed by atoms with van der Waals surface area (Å²) in [7, 11) is 1.34. The Morgan fingerprint density at radius 2 is 2.16 bits per heavy atom. The van der Waals surface area contributed by atoms with Gasteiger partial charge in [0, 0.05) is 13.5 Å². The highest BCUT2D eigenvalue weighted by Gasteiger charge is 2.22. The number of para-hydroxylation sites is 1. The van der Waals surface area contributed by atoms with E-state index in [9.17, 15) is 14.0 Å². The quantitative estimate of drug-likeness (QED) is 0.809. The molecule has 2 amide bonds. The van der Waals surface area contributed by atoms with E-state index >= 15 is 0 Å². The van der Waals surface area contributed by atoms with Crippen molar-refractivity contribution >= 4 is 17.7 Å². The molecule has 2 N–H and O–H groups in total. The summed E-state index contributed by atoms with van der Waals surface area (Å²) in [4.78, 5) is 23.6. The lowest BCUT2D eigenvalue weighted by Gasteiger charge is -2.21. The van der Waals surface area contributed by atoms with E-state index in [0.29, 0.717) is 0 Å². The van der Waals surface area contributed by atoms with Gasteiger partial charge in [-0.05, 0) is 12.1 Å². The Bertz CT molecular complexity index is 525. The summed E-state index contributed by atoms with van der Waals surface area (Å²) >= 11 is 0. The first-order chi connectivity index (χ1) is 8.97. The van der Waals surface area contributed by atoms with Gasteiger partial charge in [-0.1, -0.05) is 12.1 Å². The Morgan fingerprint density at radius 3 is 2.68 bits per heavy atom. The van der Waals surface area contributed by atoms with Crippen LogP contribution in [0.4, 0.5) is 14.9 Å². The molecule has 0 aliphatic rings. The summed E-state index contributed by atoms with van der Waals surface area (Å²) in [6.45, 7) is 0. The number of hydrogen-bond donors (Lipinski definition) is 2. The second kappa shape index (κ2) is 6.40. The van der Waals surface area contributed by atoms with Crippen molar-refractivity contribution in [2.24, 2.45) is 0 Å². The minimum Gasteiger partial charge on any atom is -0.480 e. The summed E-state index contributed by atoms with van der Waals surface area (Å²) in [5, 5.41) is 11.1. The van der Waals surface area contributed by atoms with Crippen LogP contribution >= 0.6 is 0 Å². The Hall–Kier alpha value is -2.55. The highest BCUT2D eigenvalue weighted by molar-refractivity contribution is 5.94. The van der Waals surface area contributed by atoms with E-state index in [1.165, 1.54) is 25.2 Å². The Morgan fingerprint density at radius 1 is 1.53 bits per heavy atom. The van der Waals surface area contributed by atoms with E-state index in [2.05, 4.69) is 11.2 Å². The van der Waals surface area contributed by atoms with E-state index in [1.54, 1.807) is 6.07 Å². The van der Waals surface area contributed by atoms with Crippen LogP contribution in [0, 0.1) is 18.2 Å². The van der Waals surface area contributed by atoms with Crippen molar-refractivity contribution in [3.8, 4) is 12.3 Å². The smallest absolute Gasteiger partial charge is 0.327 e. The average Bonchev–Trinajstić information content (AvgIpc) is 2.37. The van der Waals surface area contributed by atoms with Crippen LogP contribution < -0.4 is 10.2 Å². The molecule has 1 aromatic carbocycles. The lowest BCUT2D eigenvalue weighted by Crippen LogP contribution is -2.46. The molecule has 0 saturated carbocycles. The molecule has 0 aliphatic carbocycles. The molecule has 19 heavy (non-hydrogen) atoms. The van der Waals surface area contributed by atoms with Gasteiger partial charge < -0.3 is 10.4 Å². The molecule has 5 nitrogen and oxygen atoms in total. The minimum atomic E-state index is -1.24. The van der Waals surface area contributed by atoms with Crippen LogP contribution in [-0.4, -0.2) is 30.2 Å². The predicted octanol–water partition coefficient (Wildman–Crippen LogP) is 1.45. The molecule has 0 radical (unpaired) electrons. The number of anilines is 1. The number of hydrogen-bond acceptors (Lipinski definition) is 2. The van der Waals surface area contributed by atoms with Gasteiger partial charge in [0.1, 0.15) is 11.9 Å². The van der Waals surface area contributed by atoms with Crippen LogP contribution in [0.25, 0.3) is 0 Å². The molecule has 1 unspecified atom stereocenters. The maximum absolute atomic E-state index is 13.5. The van der Waals surface area contributed by atoms with Crippen molar-refractivity contribution in [3.05, 3.63) is 30.1 Å². The highest BCUT2D eigenvalue weighted by atomic mass is 19.1. The van der Waals surface area contributed by atoms with E-state index in [4.69, 9.17) is 11.5 Å². The number of nitrogens with zero attached hydrogens (tertiary/aromatic N) is 1. The molecule has 1 rings (SSSR count). The normalized spacial score (nSPS) is 11.2. The number of carboxylic acid groups (broad SMARTS) is 1. The third kappa shape index (κ3) is 3.71. The number of terminal acetylenes is 1. The molecule has 0 aliphatic heterocycles. The predicted molar refractivity (Wildman–Crippen MR) is 68.2 cm³/mol. The number of amides is 2. The van der Waals surface area contributed by atoms with Crippen molar-refractivity contribution in [2.75, 3.05) is 11.9 Å². The van der Waals surface area contributed by atoms with Crippen LogP contribution in [-0.2, 0) is 4.79 Å². The standard InChI is InChI=1S/C13H13FN2O3/c1-3-6-10(12(17)18)15-13(19)16(2)11-8-5-4-7-9(11)14/h1,4-5,7-8,10H,6H2,2H3,(H,15,19)(H,17,18). The molecule has 0 heterocycles. The molecule has 0 fully saturated rings. The third-order valence-corrected chi connectivity index (χ3v) is 2.44. The lowest BCUT2D eigenvalue weighted by molar-refractivity contribution is -0.139. The molecular formula is C13H13FN2O3. The molecule has 0 spiro atoms. The first kappa shape index (κ1) is 14.5. The van der Waals surface area contributed by atoms with Crippen LogP contribution in [0.2, 0.25) is 0 Å². The molecule has 0 bridgehead atoms. The number of rotatable bonds is 4. The zero-order valence-electron chi connectivity index (χ0n) is 10.3. The number of benzene rings is 1. The van der Waals surface area contributed by atoms with Crippen molar-refractivity contribution < 1.29 is 19.1 Å². The summed E-state index contributed by atoms with van der Waals surface area (Å²) < 4.78 is 13.5. The van der Waals surface area contributed by atoms with Gasteiger partial charge >= 0.3 is 12.0 Å². The number of nitrogens with one attached hydrogen (secondary N) is 1.